The number of likely N-dealkylation sites (N-methyl/N-ethyl adjacent to an activating group) is 1. The van der Waals surface area contributed by atoms with Crippen LogP contribution in [-0.4, -0.2) is 44.6 Å². The van der Waals surface area contributed by atoms with Gasteiger partial charge in [-0.2, -0.15) is 4.98 Å². The van der Waals surface area contributed by atoms with Crippen LogP contribution in [0.15, 0.2) is 36.4 Å². The summed E-state index contributed by atoms with van der Waals surface area (Å²) in [6.07, 6.45) is -0.977. The molecule has 0 saturated heterocycles. The molecule has 0 radical (unpaired) electrons. The van der Waals surface area contributed by atoms with Crippen molar-refractivity contribution < 1.29 is 14.3 Å². The Morgan fingerprint density at radius 2 is 1.85 bits per heavy atom. The summed E-state index contributed by atoms with van der Waals surface area (Å²) in [5.41, 5.74) is 2.28. The van der Waals surface area contributed by atoms with Gasteiger partial charge >= 0.3 is 5.97 Å². The molecule has 2 aromatic heterocycles. The van der Waals surface area contributed by atoms with Gasteiger partial charge in [-0.05, 0) is 39.0 Å². The van der Waals surface area contributed by atoms with E-state index < -0.39 is 12.1 Å². The van der Waals surface area contributed by atoms with E-state index in [1.54, 1.807) is 19.2 Å². The highest BCUT2D eigenvalue weighted by Gasteiger charge is 2.25. The van der Waals surface area contributed by atoms with Crippen molar-refractivity contribution in [3.05, 3.63) is 53.6 Å². The van der Waals surface area contributed by atoms with Gasteiger partial charge in [-0.25, -0.2) is 14.3 Å². The topological polar surface area (TPSA) is 89.7 Å². The monoisotopic (exact) mass is 353 g/mol. The Kier molecular flexibility index (Phi) is 4.66. The van der Waals surface area contributed by atoms with Gasteiger partial charge in [0.1, 0.15) is 0 Å². The Morgan fingerprint density at radius 3 is 2.54 bits per heavy atom. The average molecular weight is 353 g/mol. The molecule has 0 spiro atoms. The summed E-state index contributed by atoms with van der Waals surface area (Å²) in [6.45, 7) is 5.19. The van der Waals surface area contributed by atoms with Gasteiger partial charge in [-0.15, -0.1) is 5.10 Å². The third kappa shape index (κ3) is 3.39. The number of esters is 1. The fraction of sp³-hybridized carbons (Fsp3) is 0.278. The maximum atomic E-state index is 12.5. The number of aromatic nitrogens is 4. The van der Waals surface area contributed by atoms with Crippen LogP contribution >= 0.6 is 0 Å². The molecule has 8 heteroatoms. The van der Waals surface area contributed by atoms with Gasteiger partial charge in [0.25, 0.3) is 17.5 Å². The van der Waals surface area contributed by atoms with Crippen molar-refractivity contribution >= 4 is 23.3 Å². The van der Waals surface area contributed by atoms with Gasteiger partial charge in [0.05, 0.1) is 0 Å². The maximum Gasteiger partial charge on any atom is 0.379 e. The Labute approximate surface area is 150 Å². The minimum Gasteiger partial charge on any atom is -0.447 e. The average Bonchev–Trinajstić information content (AvgIpc) is 3.05. The zero-order chi connectivity index (χ0) is 18.8. The molecule has 0 aliphatic carbocycles. The number of benzene rings is 1. The Bertz CT molecular complexity index is 968. The van der Waals surface area contributed by atoms with E-state index in [0.717, 1.165) is 11.4 Å². The van der Waals surface area contributed by atoms with Gasteiger partial charge in [-0.1, -0.05) is 18.2 Å². The minimum absolute atomic E-state index is 0.131. The molecule has 26 heavy (non-hydrogen) atoms. The zero-order valence-corrected chi connectivity index (χ0v) is 15.0. The van der Waals surface area contributed by atoms with Crippen LogP contribution in [0.25, 0.3) is 5.78 Å². The molecule has 1 aromatic carbocycles. The van der Waals surface area contributed by atoms with Crippen LogP contribution in [0, 0.1) is 13.8 Å². The molecule has 0 fully saturated rings. The molecule has 0 aliphatic heterocycles. The van der Waals surface area contributed by atoms with Crippen molar-refractivity contribution in [3.63, 3.8) is 0 Å². The summed E-state index contributed by atoms with van der Waals surface area (Å²) in [5, 5.41) is 4.11. The van der Waals surface area contributed by atoms with Crippen molar-refractivity contribution in [1.82, 2.24) is 19.6 Å². The molecule has 8 nitrogen and oxygen atoms in total. The normalized spacial score (nSPS) is 12.0. The van der Waals surface area contributed by atoms with E-state index in [1.165, 1.54) is 16.3 Å². The van der Waals surface area contributed by atoms with Gasteiger partial charge in [0, 0.05) is 24.1 Å². The van der Waals surface area contributed by atoms with E-state index in [4.69, 9.17) is 4.74 Å². The van der Waals surface area contributed by atoms with Gasteiger partial charge in [-0.3, -0.25) is 4.79 Å². The summed E-state index contributed by atoms with van der Waals surface area (Å²) in [7, 11) is 1.63. The SMILES string of the molecule is Cc1cc(C)n2nc(C(=O)O[C@@H](C)C(=O)N(C)c3ccccc3)nc2n1. The second kappa shape index (κ2) is 6.91. The van der Waals surface area contributed by atoms with Crippen LogP contribution in [0.3, 0.4) is 0 Å². The number of carbonyl (C=O) groups is 2. The molecular formula is C18H19N5O3. The lowest BCUT2D eigenvalue weighted by Gasteiger charge is -2.21. The number of carbonyl (C=O) groups excluding carboxylic acids is 2. The second-order valence-electron chi connectivity index (χ2n) is 5.97. The quantitative estimate of drug-likeness (QED) is 0.666. The van der Waals surface area contributed by atoms with Crippen molar-refractivity contribution in [2.45, 2.75) is 26.9 Å². The molecular weight excluding hydrogens is 334 g/mol. The highest BCUT2D eigenvalue weighted by molar-refractivity contribution is 5.98. The maximum absolute atomic E-state index is 12.5. The van der Waals surface area contributed by atoms with Crippen molar-refractivity contribution in [2.75, 3.05) is 11.9 Å². The molecule has 0 aliphatic rings. The first kappa shape index (κ1) is 17.5. The lowest BCUT2D eigenvalue weighted by atomic mass is 10.2. The summed E-state index contributed by atoms with van der Waals surface area (Å²) in [4.78, 5) is 34.6. The number of rotatable bonds is 4. The van der Waals surface area contributed by atoms with Crippen molar-refractivity contribution in [2.24, 2.45) is 0 Å². The molecule has 134 valence electrons. The van der Waals surface area contributed by atoms with E-state index >= 15 is 0 Å². The number of nitrogens with zero attached hydrogens (tertiary/aromatic N) is 5. The fourth-order valence-electron chi connectivity index (χ4n) is 2.57. The van der Waals surface area contributed by atoms with Crippen LogP contribution in [-0.2, 0) is 9.53 Å². The Morgan fingerprint density at radius 1 is 1.15 bits per heavy atom. The summed E-state index contributed by atoms with van der Waals surface area (Å²) < 4.78 is 6.71. The lowest BCUT2D eigenvalue weighted by molar-refractivity contribution is -0.126. The highest BCUT2D eigenvalue weighted by Crippen LogP contribution is 2.14. The van der Waals surface area contributed by atoms with Crippen LogP contribution < -0.4 is 4.90 Å². The number of anilines is 1. The molecule has 0 bridgehead atoms. The number of amides is 1. The van der Waals surface area contributed by atoms with Crippen LogP contribution in [0.1, 0.15) is 28.9 Å². The number of ether oxygens (including phenoxy) is 1. The summed E-state index contributed by atoms with van der Waals surface area (Å²) in [6, 6.07) is 10.9. The number of fused-ring (bicyclic) bond motifs is 1. The van der Waals surface area contributed by atoms with E-state index in [-0.39, 0.29) is 11.7 Å². The molecule has 0 unspecified atom stereocenters. The first-order chi connectivity index (χ1) is 12.4. The lowest BCUT2D eigenvalue weighted by Crippen LogP contribution is -2.37. The first-order valence-electron chi connectivity index (χ1n) is 8.11. The second-order valence-corrected chi connectivity index (χ2v) is 5.97. The van der Waals surface area contributed by atoms with E-state index in [1.807, 2.05) is 38.1 Å². The fourth-order valence-corrected chi connectivity index (χ4v) is 2.57. The number of aryl methyl sites for hydroxylation is 2. The van der Waals surface area contributed by atoms with Crippen molar-refractivity contribution in [3.8, 4) is 0 Å². The molecule has 0 saturated carbocycles. The molecule has 0 N–H and O–H groups in total. The van der Waals surface area contributed by atoms with Crippen molar-refractivity contribution in [1.29, 1.82) is 0 Å². The highest BCUT2D eigenvalue weighted by atomic mass is 16.5. The predicted octanol–water partition coefficient (Wildman–Crippen LogP) is 1.95. The predicted molar refractivity (Wildman–Crippen MR) is 95.0 cm³/mol. The van der Waals surface area contributed by atoms with Crippen LogP contribution in [0.2, 0.25) is 0 Å². The first-order valence-corrected chi connectivity index (χ1v) is 8.11. The standard InChI is InChI=1S/C18H19N5O3/c1-11-10-12(2)23-18(19-11)20-15(21-23)17(25)26-13(3)16(24)22(4)14-8-6-5-7-9-14/h5-10,13H,1-4H3/t13-/m0/s1. The van der Waals surface area contributed by atoms with Gasteiger partial charge < -0.3 is 9.64 Å². The van der Waals surface area contributed by atoms with Crippen LogP contribution in [0.5, 0.6) is 0 Å². The molecule has 1 atom stereocenters. The number of hydrogen-bond donors (Lipinski definition) is 0. The van der Waals surface area contributed by atoms with E-state index in [9.17, 15) is 9.59 Å². The molecule has 1 amide bonds. The number of para-hydroxylation sites is 1. The molecule has 2 heterocycles. The molecule has 3 rings (SSSR count). The molecule has 3 aromatic rings. The van der Waals surface area contributed by atoms with Gasteiger partial charge in [0.2, 0.25) is 0 Å². The number of hydrogen-bond acceptors (Lipinski definition) is 6. The summed E-state index contributed by atoms with van der Waals surface area (Å²) in [5.74, 6) is -0.934. The third-order valence-corrected chi connectivity index (χ3v) is 3.91. The van der Waals surface area contributed by atoms with Crippen LogP contribution in [0.4, 0.5) is 5.69 Å². The third-order valence-electron chi connectivity index (χ3n) is 3.91. The Balaban J connectivity index is 1.75. The van der Waals surface area contributed by atoms with E-state index in [0.29, 0.717) is 11.5 Å². The zero-order valence-electron chi connectivity index (χ0n) is 15.0. The van der Waals surface area contributed by atoms with Gasteiger partial charge in [0.15, 0.2) is 6.10 Å². The van der Waals surface area contributed by atoms with E-state index in [2.05, 4.69) is 15.1 Å². The summed E-state index contributed by atoms with van der Waals surface area (Å²) >= 11 is 0. The smallest absolute Gasteiger partial charge is 0.379 e. The Hall–Kier alpha value is -3.29. The minimum atomic E-state index is -0.977. The largest absolute Gasteiger partial charge is 0.447 e.